The van der Waals surface area contributed by atoms with Crippen LogP contribution in [0.15, 0.2) is 90.2 Å². The number of aliphatic hydroxyl groups is 1. The molecular formula is C32H30N2O5S. The molecule has 1 atom stereocenters. The summed E-state index contributed by atoms with van der Waals surface area (Å²) in [6, 6.07) is 23.9. The molecule has 40 heavy (non-hydrogen) atoms. The highest BCUT2D eigenvalue weighted by Gasteiger charge is 2.44. The number of nitrogens with zero attached hydrogens (tertiary/aromatic N) is 2. The second-order valence-electron chi connectivity index (χ2n) is 9.47. The van der Waals surface area contributed by atoms with Gasteiger partial charge in [-0.25, -0.2) is 4.98 Å². The van der Waals surface area contributed by atoms with Gasteiger partial charge in [0.2, 0.25) is 5.78 Å². The molecule has 0 aliphatic carbocycles. The lowest BCUT2D eigenvalue weighted by molar-refractivity contribution is -0.130. The van der Waals surface area contributed by atoms with Crippen LogP contribution in [0, 0.1) is 13.8 Å². The summed E-state index contributed by atoms with van der Waals surface area (Å²) in [7, 11) is 0. The number of aliphatic hydroxyl groups excluding tert-OH is 1. The van der Waals surface area contributed by atoms with Gasteiger partial charge < -0.3 is 19.5 Å². The van der Waals surface area contributed by atoms with Gasteiger partial charge in [0.05, 0.1) is 33.8 Å². The first-order valence-electron chi connectivity index (χ1n) is 13.1. The van der Waals surface area contributed by atoms with E-state index in [1.54, 1.807) is 19.1 Å². The van der Waals surface area contributed by atoms with E-state index < -0.39 is 23.5 Å². The minimum absolute atomic E-state index is 0.0353. The number of amides is 1. The lowest BCUT2D eigenvalue weighted by Crippen LogP contribution is -2.30. The van der Waals surface area contributed by atoms with Crippen LogP contribution in [0.5, 0.6) is 11.5 Å². The molecule has 1 amide bonds. The zero-order valence-electron chi connectivity index (χ0n) is 22.6. The van der Waals surface area contributed by atoms with Crippen molar-refractivity contribution in [1.29, 1.82) is 0 Å². The van der Waals surface area contributed by atoms with Gasteiger partial charge in [0.1, 0.15) is 6.61 Å². The van der Waals surface area contributed by atoms with Crippen LogP contribution in [-0.2, 0) is 17.9 Å². The largest absolute Gasteiger partial charge is 0.503 e. The number of carbonyl (C=O) groups excluding carboxylic acids is 2. The minimum Gasteiger partial charge on any atom is -0.503 e. The maximum Gasteiger partial charge on any atom is 0.290 e. The lowest BCUT2D eigenvalue weighted by atomic mass is 9.94. The van der Waals surface area contributed by atoms with Crippen LogP contribution in [0.1, 0.15) is 50.0 Å². The smallest absolute Gasteiger partial charge is 0.290 e. The van der Waals surface area contributed by atoms with E-state index in [2.05, 4.69) is 4.98 Å². The number of Topliss-reactive ketones (excluding diaryl/α,β-unsaturated/α-hetero) is 1. The van der Waals surface area contributed by atoms with Crippen LogP contribution in [0.4, 0.5) is 0 Å². The van der Waals surface area contributed by atoms with Crippen molar-refractivity contribution in [3.8, 4) is 11.5 Å². The molecule has 0 saturated heterocycles. The van der Waals surface area contributed by atoms with Crippen LogP contribution < -0.4 is 9.47 Å². The lowest BCUT2D eigenvalue weighted by Gasteiger charge is -2.27. The first-order valence-corrected chi connectivity index (χ1v) is 13.9. The fraction of sp³-hybridized carbons (Fsp3) is 0.219. The normalized spacial score (nSPS) is 15.0. The van der Waals surface area contributed by atoms with Gasteiger partial charge in [0, 0.05) is 6.54 Å². The second-order valence-corrected chi connectivity index (χ2v) is 10.7. The Hall–Kier alpha value is -4.43. The van der Waals surface area contributed by atoms with Gasteiger partial charge in [-0.05, 0) is 49.6 Å². The summed E-state index contributed by atoms with van der Waals surface area (Å²) < 4.78 is 12.0. The molecule has 4 aromatic rings. The van der Waals surface area contributed by atoms with Crippen molar-refractivity contribution >= 4 is 23.0 Å². The highest BCUT2D eigenvalue weighted by atomic mass is 32.1. The van der Waals surface area contributed by atoms with Crippen LogP contribution >= 0.6 is 11.3 Å². The van der Waals surface area contributed by atoms with Crippen LogP contribution in [0.25, 0.3) is 0 Å². The molecule has 8 heteroatoms. The Morgan fingerprint density at radius 3 is 2.25 bits per heavy atom. The summed E-state index contributed by atoms with van der Waals surface area (Å²) in [4.78, 5) is 33.7. The van der Waals surface area contributed by atoms with Gasteiger partial charge in [-0.2, -0.15) is 0 Å². The minimum atomic E-state index is -0.829. The molecule has 0 spiro atoms. The SMILES string of the molecule is CCOc1cc(C2C(C(=O)c3sc(C)nc3C)=C(O)C(=O)N2Cc2ccccc2)ccc1OCc1ccccc1. The molecule has 3 aromatic carbocycles. The molecule has 7 nitrogen and oxygen atoms in total. The number of aromatic nitrogens is 1. The van der Waals surface area contributed by atoms with Crippen molar-refractivity contribution in [2.24, 2.45) is 0 Å². The van der Waals surface area contributed by atoms with E-state index in [9.17, 15) is 14.7 Å². The van der Waals surface area contributed by atoms with E-state index in [1.165, 1.54) is 16.2 Å². The molecule has 0 radical (unpaired) electrons. The summed E-state index contributed by atoms with van der Waals surface area (Å²) in [6.07, 6.45) is 0. The summed E-state index contributed by atoms with van der Waals surface area (Å²) in [5, 5.41) is 11.8. The van der Waals surface area contributed by atoms with E-state index in [-0.39, 0.29) is 12.1 Å². The van der Waals surface area contributed by atoms with Gasteiger partial charge in [-0.3, -0.25) is 9.59 Å². The van der Waals surface area contributed by atoms with Gasteiger partial charge in [0.25, 0.3) is 5.91 Å². The Kier molecular flexibility index (Phi) is 7.98. The molecule has 1 unspecified atom stereocenters. The molecule has 2 heterocycles. The van der Waals surface area contributed by atoms with E-state index in [4.69, 9.17) is 9.47 Å². The van der Waals surface area contributed by atoms with Gasteiger partial charge in [0.15, 0.2) is 17.3 Å². The quantitative estimate of drug-likeness (QED) is 0.225. The monoisotopic (exact) mass is 554 g/mol. The van der Waals surface area contributed by atoms with Crippen molar-refractivity contribution in [2.75, 3.05) is 6.61 Å². The Labute approximate surface area is 237 Å². The van der Waals surface area contributed by atoms with E-state index in [0.717, 1.165) is 16.1 Å². The Bertz CT molecular complexity index is 1560. The molecule has 0 saturated carbocycles. The average Bonchev–Trinajstić information content (AvgIpc) is 3.43. The molecule has 5 rings (SSSR count). The number of rotatable bonds is 10. The van der Waals surface area contributed by atoms with E-state index >= 15 is 0 Å². The van der Waals surface area contributed by atoms with Crippen LogP contribution in [0.3, 0.4) is 0 Å². The number of hydrogen-bond donors (Lipinski definition) is 1. The molecule has 1 aliphatic rings. The number of ether oxygens (including phenoxy) is 2. The molecule has 1 aromatic heterocycles. The topological polar surface area (TPSA) is 89.0 Å². The van der Waals surface area contributed by atoms with Gasteiger partial charge in [-0.1, -0.05) is 66.7 Å². The van der Waals surface area contributed by atoms with E-state index in [0.29, 0.717) is 40.8 Å². The second kappa shape index (κ2) is 11.8. The van der Waals surface area contributed by atoms with Crippen LogP contribution in [0.2, 0.25) is 0 Å². The molecule has 1 N–H and O–H groups in total. The van der Waals surface area contributed by atoms with Gasteiger partial charge >= 0.3 is 0 Å². The number of ketones is 1. The van der Waals surface area contributed by atoms with Crippen molar-refractivity contribution in [1.82, 2.24) is 9.88 Å². The maximum absolute atomic E-state index is 13.9. The Morgan fingerprint density at radius 1 is 0.950 bits per heavy atom. The van der Waals surface area contributed by atoms with Crippen molar-refractivity contribution in [3.05, 3.63) is 122 Å². The highest BCUT2D eigenvalue weighted by molar-refractivity contribution is 7.14. The number of benzene rings is 3. The number of hydrogen-bond acceptors (Lipinski definition) is 7. The van der Waals surface area contributed by atoms with E-state index in [1.807, 2.05) is 80.6 Å². The standard InChI is InChI=1S/C32H30N2O5S/c1-4-38-26-17-24(15-16-25(26)39-19-23-13-9-6-10-14-23)28-27(29(35)31-20(2)33-21(3)40-31)30(36)32(37)34(28)18-22-11-7-5-8-12-22/h5-17,28,36H,4,18-19H2,1-3H3. The third-order valence-corrected chi connectivity index (χ3v) is 7.75. The third-order valence-electron chi connectivity index (χ3n) is 6.67. The fourth-order valence-electron chi connectivity index (χ4n) is 4.86. The summed E-state index contributed by atoms with van der Waals surface area (Å²) in [5.74, 6) is -0.511. The molecule has 1 aliphatic heterocycles. The number of carbonyl (C=O) groups is 2. The zero-order valence-corrected chi connectivity index (χ0v) is 23.4. The summed E-state index contributed by atoms with van der Waals surface area (Å²) in [6.45, 7) is 6.43. The Morgan fingerprint density at radius 2 is 1.62 bits per heavy atom. The number of thiazole rings is 1. The molecule has 204 valence electrons. The first-order chi connectivity index (χ1) is 19.4. The number of aryl methyl sites for hydroxylation is 2. The van der Waals surface area contributed by atoms with Crippen LogP contribution in [-0.4, -0.2) is 33.3 Å². The Balaban J connectivity index is 1.56. The summed E-state index contributed by atoms with van der Waals surface area (Å²) in [5.41, 5.74) is 3.12. The van der Waals surface area contributed by atoms with Crippen molar-refractivity contribution in [3.63, 3.8) is 0 Å². The molecule has 0 bridgehead atoms. The average molecular weight is 555 g/mol. The predicted octanol–water partition coefficient (Wildman–Crippen LogP) is 6.52. The van der Waals surface area contributed by atoms with Gasteiger partial charge in [-0.15, -0.1) is 11.3 Å². The third kappa shape index (κ3) is 5.49. The molecule has 0 fully saturated rings. The first kappa shape index (κ1) is 27.1. The van der Waals surface area contributed by atoms with Crippen molar-refractivity contribution < 1.29 is 24.2 Å². The summed E-state index contributed by atoms with van der Waals surface area (Å²) >= 11 is 1.25. The zero-order chi connectivity index (χ0) is 28.2. The predicted molar refractivity (Wildman–Crippen MR) is 154 cm³/mol. The van der Waals surface area contributed by atoms with Crippen molar-refractivity contribution in [2.45, 2.75) is 40.0 Å². The fourth-order valence-corrected chi connectivity index (χ4v) is 5.73. The molecular weight excluding hydrogens is 524 g/mol. The highest BCUT2D eigenvalue weighted by Crippen LogP contribution is 2.43. The maximum atomic E-state index is 13.9.